The molecule has 1 N–H and O–H groups in total. The van der Waals surface area contributed by atoms with Crippen LogP contribution >= 0.6 is 0 Å². The van der Waals surface area contributed by atoms with Crippen molar-refractivity contribution in [2.75, 3.05) is 11.9 Å². The van der Waals surface area contributed by atoms with Gasteiger partial charge in [0, 0.05) is 36.0 Å². The highest BCUT2D eigenvalue weighted by Gasteiger charge is 2.45. The molecule has 5 nitrogen and oxygen atoms in total. The monoisotopic (exact) mass is 540 g/mol. The molecule has 4 aromatic carbocycles. The molecule has 0 aliphatic carbocycles. The van der Waals surface area contributed by atoms with Crippen molar-refractivity contribution >= 4 is 38.0 Å². The molecule has 6 heteroatoms. The summed E-state index contributed by atoms with van der Waals surface area (Å²) in [7, 11) is -4.27. The molecule has 0 atom stereocenters. The molecule has 1 aliphatic heterocycles. The van der Waals surface area contributed by atoms with Gasteiger partial charge in [0.05, 0.1) is 10.3 Å². The van der Waals surface area contributed by atoms with Gasteiger partial charge in [0.1, 0.15) is 16.7 Å². The van der Waals surface area contributed by atoms with Crippen molar-refractivity contribution in [3.63, 3.8) is 0 Å². The molecular formula is C33H36N2O3S. The highest BCUT2D eigenvalue weighted by Crippen LogP contribution is 2.44. The number of hydrogen-bond donors (Lipinski definition) is 1. The Morgan fingerprint density at radius 2 is 1.56 bits per heavy atom. The molecule has 39 heavy (non-hydrogen) atoms. The third-order valence-electron chi connectivity index (χ3n) is 7.06. The molecule has 5 rings (SSSR count). The summed E-state index contributed by atoms with van der Waals surface area (Å²) in [5.74, 6) is 0. The Morgan fingerprint density at radius 1 is 0.897 bits per heavy atom. The fourth-order valence-electron chi connectivity index (χ4n) is 5.05. The zero-order valence-corrected chi connectivity index (χ0v) is 23.8. The van der Waals surface area contributed by atoms with Crippen LogP contribution < -0.4 is 5.32 Å². The van der Waals surface area contributed by atoms with E-state index in [0.29, 0.717) is 0 Å². The summed E-state index contributed by atoms with van der Waals surface area (Å²) in [6.45, 7) is 9.84. The predicted octanol–water partition coefficient (Wildman–Crippen LogP) is 7.54. The normalized spacial score (nSPS) is 14.3. The van der Waals surface area contributed by atoms with Gasteiger partial charge in [0.25, 0.3) is 0 Å². The Hall–Kier alpha value is -3.74. The van der Waals surface area contributed by atoms with Crippen molar-refractivity contribution in [2.45, 2.75) is 50.8 Å². The molecule has 0 saturated carbocycles. The van der Waals surface area contributed by atoms with E-state index in [2.05, 4.69) is 104 Å². The van der Waals surface area contributed by atoms with Gasteiger partial charge in [-0.2, -0.15) is 4.58 Å². The Morgan fingerprint density at radius 3 is 2.23 bits per heavy atom. The molecule has 0 radical (unpaired) electrons. The lowest BCUT2D eigenvalue weighted by atomic mass is 9.79. The molecule has 1 aliphatic rings. The maximum absolute atomic E-state index is 10.4. The summed E-state index contributed by atoms with van der Waals surface area (Å²) in [6.07, 6.45) is 6.72. The summed E-state index contributed by atoms with van der Waals surface area (Å²) in [4.78, 5) is -0.178. The van der Waals surface area contributed by atoms with Crippen LogP contribution in [0.5, 0.6) is 0 Å². The third kappa shape index (κ3) is 6.47. The van der Waals surface area contributed by atoms with Gasteiger partial charge in [0.15, 0.2) is 5.71 Å². The number of para-hydroxylation sites is 1. The Bertz CT molecular complexity index is 1600. The first-order chi connectivity index (χ1) is 18.6. The fourth-order valence-corrected chi connectivity index (χ4v) is 5.52. The number of hydrogen-bond acceptors (Lipinski definition) is 4. The van der Waals surface area contributed by atoms with Crippen LogP contribution in [0.25, 0.3) is 10.8 Å². The Balaban J connectivity index is 0.000000270. The Kier molecular flexibility index (Phi) is 8.68. The molecule has 1 heterocycles. The number of allylic oxidation sites excluding steroid dienone is 1. The lowest BCUT2D eigenvalue weighted by molar-refractivity contribution is -0.438. The van der Waals surface area contributed by atoms with E-state index in [0.717, 1.165) is 17.8 Å². The largest absolute Gasteiger partial charge is 0.744 e. The van der Waals surface area contributed by atoms with Gasteiger partial charge in [-0.1, -0.05) is 73.5 Å². The van der Waals surface area contributed by atoms with Crippen LogP contribution in [0.1, 0.15) is 44.7 Å². The van der Waals surface area contributed by atoms with Gasteiger partial charge >= 0.3 is 0 Å². The molecule has 0 aromatic heterocycles. The lowest BCUT2D eigenvalue weighted by Gasteiger charge is -2.17. The summed E-state index contributed by atoms with van der Waals surface area (Å²) in [5.41, 5.74) is 6.16. The third-order valence-corrected chi connectivity index (χ3v) is 7.91. The van der Waals surface area contributed by atoms with Gasteiger partial charge < -0.3 is 9.87 Å². The number of nitrogens with one attached hydrogen (secondary N) is 1. The smallest absolute Gasteiger partial charge is 0.210 e. The van der Waals surface area contributed by atoms with E-state index in [1.165, 1.54) is 52.7 Å². The number of fused-ring (bicyclic) bond motifs is 3. The van der Waals surface area contributed by atoms with Crippen LogP contribution in [-0.2, 0) is 15.5 Å². The van der Waals surface area contributed by atoms with Crippen molar-refractivity contribution in [2.24, 2.45) is 0 Å². The summed E-state index contributed by atoms with van der Waals surface area (Å²) in [6, 6.07) is 29.4. The number of aryl methyl sites for hydroxylation is 1. The van der Waals surface area contributed by atoms with Gasteiger partial charge in [0.2, 0.25) is 5.69 Å². The molecule has 0 spiro atoms. The van der Waals surface area contributed by atoms with Crippen molar-refractivity contribution in [3.8, 4) is 0 Å². The van der Waals surface area contributed by atoms with Gasteiger partial charge in [-0.25, -0.2) is 8.42 Å². The molecule has 0 saturated heterocycles. The first-order valence-electron chi connectivity index (χ1n) is 13.3. The van der Waals surface area contributed by atoms with E-state index in [1.807, 2.05) is 13.0 Å². The number of unbranched alkanes of at least 4 members (excludes halogenated alkanes) is 1. The van der Waals surface area contributed by atoms with Crippen molar-refractivity contribution < 1.29 is 17.5 Å². The van der Waals surface area contributed by atoms with Crippen LogP contribution in [0.2, 0.25) is 0 Å². The van der Waals surface area contributed by atoms with Crippen LogP contribution in [0, 0.1) is 6.92 Å². The van der Waals surface area contributed by atoms with E-state index in [9.17, 15) is 13.0 Å². The van der Waals surface area contributed by atoms with Gasteiger partial charge in [-0.15, -0.1) is 0 Å². The highest BCUT2D eigenvalue weighted by atomic mass is 32.2. The lowest BCUT2D eigenvalue weighted by Crippen LogP contribution is -2.28. The number of rotatable bonds is 7. The molecule has 0 bridgehead atoms. The van der Waals surface area contributed by atoms with E-state index in [1.54, 1.807) is 12.1 Å². The summed E-state index contributed by atoms with van der Waals surface area (Å²) < 4.78 is 33.7. The highest BCUT2D eigenvalue weighted by molar-refractivity contribution is 7.85. The van der Waals surface area contributed by atoms with Gasteiger partial charge in [-0.3, -0.25) is 0 Å². The zero-order chi connectivity index (χ0) is 28.0. The average Bonchev–Trinajstić information content (AvgIpc) is 3.14. The topological polar surface area (TPSA) is 72.2 Å². The number of anilines is 1. The van der Waals surface area contributed by atoms with Crippen molar-refractivity contribution in [1.82, 2.24) is 0 Å². The maximum atomic E-state index is 10.4. The van der Waals surface area contributed by atoms with E-state index in [4.69, 9.17) is 0 Å². The van der Waals surface area contributed by atoms with E-state index < -0.39 is 10.1 Å². The molecular weight excluding hydrogens is 504 g/mol. The summed E-state index contributed by atoms with van der Waals surface area (Å²) in [5, 5.41) is 6.11. The van der Waals surface area contributed by atoms with Crippen molar-refractivity contribution in [3.05, 3.63) is 114 Å². The van der Waals surface area contributed by atoms with Gasteiger partial charge in [-0.05, 0) is 61.9 Å². The quantitative estimate of drug-likeness (QED) is 0.194. The SMILES string of the molecule is CCCC[N+]1=C(/C=C/Nc2ccccc2)C(C)(C)c2c1ccc1ccccc21.Cc1ccc(S(=O)(=O)[O-])cc1. The van der Waals surface area contributed by atoms with Crippen LogP contribution in [0.4, 0.5) is 11.4 Å². The minimum atomic E-state index is -4.27. The maximum Gasteiger partial charge on any atom is 0.210 e. The minimum absolute atomic E-state index is 0.0429. The second-order valence-electron chi connectivity index (χ2n) is 10.3. The second kappa shape index (κ2) is 12.0. The molecule has 0 fully saturated rings. The Labute approximate surface area is 232 Å². The molecule has 202 valence electrons. The minimum Gasteiger partial charge on any atom is -0.744 e. The second-order valence-corrected chi connectivity index (χ2v) is 11.7. The number of nitrogens with zero attached hydrogens (tertiary/aromatic N) is 1. The van der Waals surface area contributed by atoms with E-state index in [-0.39, 0.29) is 10.3 Å². The fraction of sp³-hybridized carbons (Fsp3) is 0.242. The first kappa shape index (κ1) is 28.3. The number of benzene rings is 4. The average molecular weight is 541 g/mol. The van der Waals surface area contributed by atoms with Crippen LogP contribution in [-0.4, -0.2) is 29.8 Å². The summed E-state index contributed by atoms with van der Waals surface area (Å²) >= 11 is 0. The molecule has 4 aromatic rings. The molecule has 0 amide bonds. The van der Waals surface area contributed by atoms with Crippen LogP contribution in [0.3, 0.4) is 0 Å². The predicted molar refractivity (Wildman–Crippen MR) is 160 cm³/mol. The zero-order valence-electron chi connectivity index (χ0n) is 23.0. The van der Waals surface area contributed by atoms with Crippen LogP contribution in [0.15, 0.2) is 108 Å². The van der Waals surface area contributed by atoms with E-state index >= 15 is 0 Å². The standard InChI is InChI=1S/C26H28N2.C7H8O3S/c1-4-5-19-28-23-16-15-20-11-9-10-14-22(20)25(23)26(2,3)24(28)17-18-27-21-12-7-6-8-13-21;1-6-2-4-7(5-3-6)11(8,9)10/h6-18H,4-5,19H2,1-3H3;2-5H,1H3,(H,8,9,10). The van der Waals surface area contributed by atoms with Crippen molar-refractivity contribution in [1.29, 1.82) is 0 Å². The molecule has 0 unspecified atom stereocenters. The first-order valence-corrected chi connectivity index (χ1v) is 14.7.